The molecular weight excluding hydrogens is 312 g/mol. The van der Waals surface area contributed by atoms with Gasteiger partial charge in [-0.3, -0.25) is 0 Å². The number of hydrogen-bond acceptors (Lipinski definition) is 7. The number of rotatable bonds is 7. The summed E-state index contributed by atoms with van der Waals surface area (Å²) in [6, 6.07) is 9.85. The van der Waals surface area contributed by atoms with Crippen molar-refractivity contribution in [3.8, 4) is 11.8 Å². The number of nitrogens with one attached hydrogen (secondary N) is 1. The number of hydrogen-bond donors (Lipinski definition) is 1. The Hall–Kier alpha value is -2.28. The lowest BCUT2D eigenvalue weighted by Gasteiger charge is -2.08. The zero-order valence-electron chi connectivity index (χ0n) is 13.7. The third kappa shape index (κ3) is 4.85. The first-order valence-corrected chi connectivity index (χ1v) is 8.41. The molecule has 0 bridgehead atoms. The summed E-state index contributed by atoms with van der Waals surface area (Å²) in [6.07, 6.45) is 2.04. The van der Waals surface area contributed by atoms with E-state index >= 15 is 0 Å². The molecule has 0 atom stereocenters. The van der Waals surface area contributed by atoms with Gasteiger partial charge in [-0.1, -0.05) is 29.8 Å². The van der Waals surface area contributed by atoms with Gasteiger partial charge in [0.2, 0.25) is 17.7 Å². The minimum atomic E-state index is 0.326. The van der Waals surface area contributed by atoms with Gasteiger partial charge in [0, 0.05) is 5.75 Å². The standard InChI is InChI=1S/C16H20N4O2S/c1-11-5-7-12(8-6-11)13(10-23-4)19-20-16-17-14(21-2)9-15(18-16)22-3/h5-9H,10H2,1-4H3,(H,17,18,20). The lowest BCUT2D eigenvalue weighted by atomic mass is 10.1. The highest BCUT2D eigenvalue weighted by molar-refractivity contribution is 7.99. The summed E-state index contributed by atoms with van der Waals surface area (Å²) in [5.41, 5.74) is 6.08. The van der Waals surface area contributed by atoms with Crippen LogP contribution >= 0.6 is 11.8 Å². The van der Waals surface area contributed by atoms with Crippen molar-refractivity contribution in [1.82, 2.24) is 9.97 Å². The van der Waals surface area contributed by atoms with Crippen molar-refractivity contribution in [3.05, 3.63) is 41.5 Å². The van der Waals surface area contributed by atoms with E-state index in [0.717, 1.165) is 17.0 Å². The summed E-state index contributed by atoms with van der Waals surface area (Å²) in [7, 11) is 3.08. The molecule has 23 heavy (non-hydrogen) atoms. The number of anilines is 1. The van der Waals surface area contributed by atoms with Crippen molar-refractivity contribution >= 4 is 23.4 Å². The maximum absolute atomic E-state index is 5.13. The quantitative estimate of drug-likeness (QED) is 0.621. The van der Waals surface area contributed by atoms with Gasteiger partial charge in [-0.05, 0) is 18.7 Å². The SMILES string of the molecule is COc1cc(OC)nc(NN=C(CSC)c2ccc(C)cc2)n1. The molecule has 0 saturated carbocycles. The van der Waals surface area contributed by atoms with Crippen LogP contribution in [0.15, 0.2) is 35.4 Å². The molecule has 1 heterocycles. The number of aromatic nitrogens is 2. The second-order valence-electron chi connectivity index (χ2n) is 4.75. The fourth-order valence-electron chi connectivity index (χ4n) is 1.84. The molecule has 1 N–H and O–H groups in total. The summed E-state index contributed by atoms with van der Waals surface area (Å²) in [4.78, 5) is 8.40. The molecule has 0 aliphatic heterocycles. The number of ether oxygens (including phenoxy) is 2. The van der Waals surface area contributed by atoms with Crippen molar-refractivity contribution in [2.45, 2.75) is 6.92 Å². The van der Waals surface area contributed by atoms with Gasteiger partial charge in [-0.2, -0.15) is 26.8 Å². The van der Waals surface area contributed by atoms with Gasteiger partial charge in [0.1, 0.15) is 0 Å². The van der Waals surface area contributed by atoms with Crippen molar-refractivity contribution in [1.29, 1.82) is 0 Å². The lowest BCUT2D eigenvalue weighted by molar-refractivity contribution is 0.373. The summed E-state index contributed by atoms with van der Waals surface area (Å²) in [6.45, 7) is 2.06. The lowest BCUT2D eigenvalue weighted by Crippen LogP contribution is -2.09. The van der Waals surface area contributed by atoms with Gasteiger partial charge < -0.3 is 9.47 Å². The number of thioether (sulfide) groups is 1. The van der Waals surface area contributed by atoms with E-state index in [1.54, 1.807) is 32.0 Å². The normalized spacial score (nSPS) is 11.2. The maximum atomic E-state index is 5.13. The first-order valence-electron chi connectivity index (χ1n) is 7.02. The third-order valence-corrected chi connectivity index (χ3v) is 3.62. The van der Waals surface area contributed by atoms with Gasteiger partial charge in [0.15, 0.2) is 0 Å². The molecule has 2 rings (SSSR count). The van der Waals surface area contributed by atoms with Crippen LogP contribution in [0.2, 0.25) is 0 Å². The highest BCUT2D eigenvalue weighted by Crippen LogP contribution is 2.17. The van der Waals surface area contributed by atoms with Crippen molar-refractivity contribution < 1.29 is 9.47 Å². The van der Waals surface area contributed by atoms with E-state index in [-0.39, 0.29) is 0 Å². The highest BCUT2D eigenvalue weighted by Gasteiger charge is 2.07. The molecule has 1 aromatic heterocycles. The fraction of sp³-hybridized carbons (Fsp3) is 0.312. The van der Waals surface area contributed by atoms with Gasteiger partial charge >= 0.3 is 0 Å². The average molecular weight is 332 g/mol. The molecule has 2 aromatic rings. The van der Waals surface area contributed by atoms with Crippen molar-refractivity contribution in [3.63, 3.8) is 0 Å². The van der Waals surface area contributed by atoms with E-state index in [1.165, 1.54) is 5.56 Å². The molecule has 0 saturated heterocycles. The van der Waals surface area contributed by atoms with E-state index in [1.807, 2.05) is 6.26 Å². The molecule has 122 valence electrons. The smallest absolute Gasteiger partial charge is 0.250 e. The van der Waals surface area contributed by atoms with Crippen LogP contribution in [-0.4, -0.2) is 41.9 Å². The van der Waals surface area contributed by atoms with Crippen LogP contribution in [0.4, 0.5) is 5.95 Å². The van der Waals surface area contributed by atoms with E-state index < -0.39 is 0 Å². The Balaban J connectivity index is 2.25. The summed E-state index contributed by atoms with van der Waals surface area (Å²) in [5.74, 6) is 1.93. The third-order valence-electron chi connectivity index (χ3n) is 3.05. The Morgan fingerprint density at radius 1 is 1.13 bits per heavy atom. The Morgan fingerprint density at radius 3 is 2.26 bits per heavy atom. The molecule has 1 aromatic carbocycles. The zero-order valence-corrected chi connectivity index (χ0v) is 14.5. The molecule has 0 spiro atoms. The zero-order chi connectivity index (χ0) is 16.7. The highest BCUT2D eigenvalue weighted by atomic mass is 32.2. The Morgan fingerprint density at radius 2 is 1.74 bits per heavy atom. The monoisotopic (exact) mass is 332 g/mol. The van der Waals surface area contributed by atoms with Crippen LogP contribution < -0.4 is 14.9 Å². The van der Waals surface area contributed by atoms with E-state index in [9.17, 15) is 0 Å². The van der Waals surface area contributed by atoms with E-state index in [0.29, 0.717) is 17.7 Å². The van der Waals surface area contributed by atoms with Gasteiger partial charge in [0.25, 0.3) is 0 Å². The minimum Gasteiger partial charge on any atom is -0.481 e. The average Bonchev–Trinajstić information content (AvgIpc) is 2.59. The number of aryl methyl sites for hydroxylation is 1. The summed E-state index contributed by atoms with van der Waals surface area (Å²) in [5, 5.41) is 4.44. The molecule has 7 heteroatoms. The molecule has 0 radical (unpaired) electrons. The molecule has 0 fully saturated rings. The predicted octanol–water partition coefficient (Wildman–Crippen LogP) is 2.98. The Bertz CT molecular complexity index is 652. The second kappa shape index (κ2) is 8.38. The van der Waals surface area contributed by atoms with Gasteiger partial charge in [0.05, 0.1) is 26.0 Å². The number of hydrazone groups is 1. The first kappa shape index (κ1) is 17.1. The van der Waals surface area contributed by atoms with Crippen LogP contribution in [0.5, 0.6) is 11.8 Å². The molecule has 0 amide bonds. The van der Waals surface area contributed by atoms with Crippen LogP contribution in [0, 0.1) is 6.92 Å². The fourth-order valence-corrected chi connectivity index (χ4v) is 2.35. The van der Waals surface area contributed by atoms with Crippen LogP contribution in [0.25, 0.3) is 0 Å². The summed E-state index contributed by atoms with van der Waals surface area (Å²) < 4.78 is 10.3. The largest absolute Gasteiger partial charge is 0.481 e. The minimum absolute atomic E-state index is 0.326. The van der Waals surface area contributed by atoms with Crippen molar-refractivity contribution in [2.24, 2.45) is 5.10 Å². The Labute approximate surface area is 140 Å². The topological polar surface area (TPSA) is 68.6 Å². The van der Waals surface area contributed by atoms with E-state index in [4.69, 9.17) is 9.47 Å². The summed E-state index contributed by atoms with van der Waals surface area (Å²) >= 11 is 1.70. The molecule has 0 unspecified atom stereocenters. The first-order chi connectivity index (χ1) is 11.2. The molecule has 0 aliphatic rings. The number of methoxy groups -OCH3 is 2. The molecule has 6 nitrogen and oxygen atoms in total. The molecular formula is C16H20N4O2S. The van der Waals surface area contributed by atoms with Crippen molar-refractivity contribution in [2.75, 3.05) is 31.7 Å². The second-order valence-corrected chi connectivity index (χ2v) is 5.61. The molecule has 0 aliphatic carbocycles. The predicted molar refractivity (Wildman–Crippen MR) is 94.9 cm³/mol. The van der Waals surface area contributed by atoms with Crippen LogP contribution in [0.1, 0.15) is 11.1 Å². The van der Waals surface area contributed by atoms with E-state index in [2.05, 4.69) is 51.7 Å². The van der Waals surface area contributed by atoms with Gasteiger partial charge in [-0.25, -0.2) is 5.43 Å². The van der Waals surface area contributed by atoms with Gasteiger partial charge in [-0.15, -0.1) is 0 Å². The van der Waals surface area contributed by atoms with Crippen LogP contribution in [-0.2, 0) is 0 Å². The number of benzene rings is 1. The van der Waals surface area contributed by atoms with Crippen LogP contribution in [0.3, 0.4) is 0 Å². The number of nitrogens with zero attached hydrogens (tertiary/aromatic N) is 3. The maximum Gasteiger partial charge on any atom is 0.250 e. The Kier molecular flexibility index (Phi) is 6.22.